The molecule has 11 heteroatoms. The maximum atomic E-state index is 15.0. The van der Waals surface area contributed by atoms with E-state index in [0.717, 1.165) is 42.0 Å². The van der Waals surface area contributed by atoms with Crippen molar-refractivity contribution in [2.75, 3.05) is 29.8 Å². The molecule has 1 N–H and O–H groups in total. The molecule has 3 aromatic rings. The van der Waals surface area contributed by atoms with Gasteiger partial charge in [-0.1, -0.05) is 67.8 Å². The SMILES string of the molecule is CCS(=O)(=O)N(CC(=O)N(Cc1ccccc1F)C(Cc1ccccc1)C(=O)NC1CCCCC1)c1ccc2c(c1)OCCO2. The molecule has 45 heavy (non-hydrogen) atoms. The summed E-state index contributed by atoms with van der Waals surface area (Å²) in [4.78, 5) is 29.7. The van der Waals surface area contributed by atoms with Crippen molar-refractivity contribution < 1.29 is 31.9 Å². The number of halogens is 1. The predicted molar refractivity (Wildman–Crippen MR) is 170 cm³/mol. The fraction of sp³-hybridized carbons (Fsp3) is 0.412. The van der Waals surface area contributed by atoms with Crippen molar-refractivity contribution in [1.29, 1.82) is 0 Å². The fourth-order valence-electron chi connectivity index (χ4n) is 5.82. The third kappa shape index (κ3) is 8.13. The molecule has 3 aromatic carbocycles. The van der Waals surface area contributed by atoms with Gasteiger partial charge in [-0.2, -0.15) is 0 Å². The van der Waals surface area contributed by atoms with Crippen LogP contribution >= 0.6 is 0 Å². The van der Waals surface area contributed by atoms with Gasteiger partial charge in [0.05, 0.1) is 11.4 Å². The third-order valence-electron chi connectivity index (χ3n) is 8.31. The second-order valence-electron chi connectivity index (χ2n) is 11.4. The molecule has 240 valence electrons. The Labute approximate surface area is 264 Å². The molecular weight excluding hydrogens is 597 g/mol. The molecule has 1 fully saturated rings. The summed E-state index contributed by atoms with van der Waals surface area (Å²) in [5, 5.41) is 3.15. The van der Waals surface area contributed by atoms with Gasteiger partial charge in [-0.15, -0.1) is 0 Å². The number of carbonyl (C=O) groups is 2. The highest BCUT2D eigenvalue weighted by atomic mass is 32.2. The number of carbonyl (C=O) groups excluding carboxylic acids is 2. The van der Waals surface area contributed by atoms with Crippen molar-refractivity contribution in [2.24, 2.45) is 0 Å². The predicted octanol–water partition coefficient (Wildman–Crippen LogP) is 4.84. The molecule has 1 heterocycles. The Bertz CT molecular complexity index is 1580. The second-order valence-corrected chi connectivity index (χ2v) is 13.6. The van der Waals surface area contributed by atoms with Gasteiger partial charge < -0.3 is 19.7 Å². The summed E-state index contributed by atoms with van der Waals surface area (Å²) >= 11 is 0. The molecule has 1 saturated carbocycles. The van der Waals surface area contributed by atoms with E-state index in [2.05, 4.69) is 5.32 Å². The first kappa shape index (κ1) is 32.3. The number of benzene rings is 3. The molecule has 0 saturated heterocycles. The van der Waals surface area contributed by atoms with Crippen LogP contribution < -0.4 is 19.1 Å². The summed E-state index contributed by atoms with van der Waals surface area (Å²) in [6.45, 7) is 1.37. The number of hydrogen-bond acceptors (Lipinski definition) is 6. The van der Waals surface area contributed by atoms with Crippen molar-refractivity contribution >= 4 is 27.5 Å². The van der Waals surface area contributed by atoms with Crippen molar-refractivity contribution in [3.63, 3.8) is 0 Å². The van der Waals surface area contributed by atoms with Crippen LogP contribution in [0.5, 0.6) is 11.5 Å². The van der Waals surface area contributed by atoms with Crippen LogP contribution in [0, 0.1) is 5.82 Å². The van der Waals surface area contributed by atoms with Crippen molar-refractivity contribution in [3.8, 4) is 11.5 Å². The molecule has 1 aliphatic heterocycles. The van der Waals surface area contributed by atoms with E-state index in [0.29, 0.717) is 24.7 Å². The maximum absolute atomic E-state index is 15.0. The Balaban J connectivity index is 1.52. The van der Waals surface area contributed by atoms with Crippen LogP contribution in [0.1, 0.15) is 50.2 Å². The molecule has 5 rings (SSSR count). The number of amides is 2. The number of anilines is 1. The molecule has 2 aliphatic rings. The van der Waals surface area contributed by atoms with Crippen LogP contribution in [0.3, 0.4) is 0 Å². The van der Waals surface area contributed by atoms with Crippen molar-refractivity contribution in [2.45, 2.75) is 64.1 Å². The Kier molecular flexibility index (Phi) is 10.6. The van der Waals surface area contributed by atoms with Gasteiger partial charge in [0.1, 0.15) is 31.6 Å². The van der Waals surface area contributed by atoms with E-state index in [9.17, 15) is 18.0 Å². The summed E-state index contributed by atoms with van der Waals surface area (Å²) in [6, 6.07) is 19.1. The maximum Gasteiger partial charge on any atom is 0.244 e. The molecule has 0 aromatic heterocycles. The Hall–Kier alpha value is -4.12. The van der Waals surface area contributed by atoms with E-state index in [-0.39, 0.29) is 41.9 Å². The minimum atomic E-state index is -3.96. The Morgan fingerprint density at radius 1 is 0.933 bits per heavy atom. The smallest absolute Gasteiger partial charge is 0.244 e. The number of fused-ring (bicyclic) bond motifs is 1. The molecule has 9 nitrogen and oxygen atoms in total. The first-order valence-electron chi connectivity index (χ1n) is 15.5. The third-order valence-corrected chi connectivity index (χ3v) is 10.1. The lowest BCUT2D eigenvalue weighted by atomic mass is 9.94. The van der Waals surface area contributed by atoms with Gasteiger partial charge in [0.25, 0.3) is 0 Å². The lowest BCUT2D eigenvalue weighted by molar-refractivity contribution is -0.140. The molecule has 1 aliphatic carbocycles. The first-order chi connectivity index (χ1) is 21.7. The standard InChI is InChI=1S/C34H40FN3O6S/c1-2-45(41,42)38(28-17-18-31-32(22-28)44-20-19-43-31)24-33(39)37(23-26-13-9-10-16-29(26)35)30(21-25-11-5-3-6-12-25)34(40)36-27-14-7-4-8-15-27/h3,5-6,9-13,16-18,22,27,30H,2,4,7-8,14-15,19-21,23-24H2,1H3,(H,36,40). The molecule has 0 spiro atoms. The summed E-state index contributed by atoms with van der Waals surface area (Å²) in [5.74, 6) is -0.915. The van der Waals surface area contributed by atoms with Gasteiger partial charge in [0, 0.05) is 30.6 Å². The molecule has 0 bridgehead atoms. The van der Waals surface area contributed by atoms with Crippen LogP contribution in [0.2, 0.25) is 0 Å². The average molecular weight is 638 g/mol. The van der Waals surface area contributed by atoms with Gasteiger partial charge in [-0.05, 0) is 43.5 Å². The molecule has 1 unspecified atom stereocenters. The molecule has 1 atom stereocenters. The normalized spacial score (nSPS) is 15.6. The number of nitrogens with one attached hydrogen (secondary N) is 1. The van der Waals surface area contributed by atoms with Crippen LogP contribution in [0.25, 0.3) is 0 Å². The number of nitrogens with zero attached hydrogens (tertiary/aromatic N) is 2. The van der Waals surface area contributed by atoms with Crippen molar-refractivity contribution in [1.82, 2.24) is 10.2 Å². The van der Waals surface area contributed by atoms with Gasteiger partial charge in [-0.3, -0.25) is 13.9 Å². The molecule has 2 amide bonds. The van der Waals surface area contributed by atoms with E-state index in [1.165, 1.54) is 24.0 Å². The Morgan fingerprint density at radius 2 is 1.62 bits per heavy atom. The van der Waals surface area contributed by atoms with Crippen LogP contribution in [-0.4, -0.2) is 62.7 Å². The first-order valence-corrected chi connectivity index (χ1v) is 17.1. The summed E-state index contributed by atoms with van der Waals surface area (Å²) in [7, 11) is -3.96. The fourth-order valence-corrected chi connectivity index (χ4v) is 6.87. The quantitative estimate of drug-likeness (QED) is 0.305. The zero-order valence-corrected chi connectivity index (χ0v) is 26.3. The molecular formula is C34H40FN3O6S. The van der Waals surface area contributed by atoms with Gasteiger partial charge >= 0.3 is 0 Å². The zero-order chi connectivity index (χ0) is 31.8. The van der Waals surface area contributed by atoms with Crippen molar-refractivity contribution in [3.05, 3.63) is 89.7 Å². The van der Waals surface area contributed by atoms with Gasteiger partial charge in [0.15, 0.2) is 11.5 Å². The monoisotopic (exact) mass is 637 g/mol. The van der Waals surface area contributed by atoms with E-state index in [1.807, 2.05) is 30.3 Å². The van der Waals surface area contributed by atoms with E-state index < -0.39 is 34.3 Å². The summed E-state index contributed by atoms with van der Waals surface area (Å²) in [5.41, 5.74) is 1.27. The highest BCUT2D eigenvalue weighted by Crippen LogP contribution is 2.35. The number of ether oxygens (including phenoxy) is 2. The largest absolute Gasteiger partial charge is 0.486 e. The van der Waals surface area contributed by atoms with Gasteiger partial charge in [0.2, 0.25) is 21.8 Å². The lowest BCUT2D eigenvalue weighted by Gasteiger charge is -2.35. The van der Waals surface area contributed by atoms with E-state index in [4.69, 9.17) is 9.47 Å². The number of hydrogen-bond donors (Lipinski definition) is 1. The second kappa shape index (κ2) is 14.8. The lowest BCUT2D eigenvalue weighted by Crippen LogP contribution is -2.55. The van der Waals surface area contributed by atoms with Crippen LogP contribution in [0.15, 0.2) is 72.8 Å². The van der Waals surface area contributed by atoms with E-state index >= 15 is 4.39 Å². The highest BCUT2D eigenvalue weighted by molar-refractivity contribution is 7.92. The summed E-state index contributed by atoms with van der Waals surface area (Å²) in [6.07, 6.45) is 4.98. The number of rotatable bonds is 12. The van der Waals surface area contributed by atoms with Gasteiger partial charge in [-0.25, -0.2) is 12.8 Å². The average Bonchev–Trinajstić information content (AvgIpc) is 3.06. The van der Waals surface area contributed by atoms with Crippen LogP contribution in [-0.2, 0) is 32.6 Å². The topological polar surface area (TPSA) is 105 Å². The molecule has 0 radical (unpaired) electrons. The number of sulfonamides is 1. The minimum absolute atomic E-state index is 0.0235. The van der Waals surface area contributed by atoms with Crippen LogP contribution in [0.4, 0.5) is 10.1 Å². The highest BCUT2D eigenvalue weighted by Gasteiger charge is 2.35. The van der Waals surface area contributed by atoms with E-state index in [1.54, 1.807) is 30.3 Å². The zero-order valence-electron chi connectivity index (χ0n) is 25.5. The minimum Gasteiger partial charge on any atom is -0.486 e. The summed E-state index contributed by atoms with van der Waals surface area (Å²) < 4.78 is 54.2. The Morgan fingerprint density at radius 3 is 2.33 bits per heavy atom.